The van der Waals surface area contributed by atoms with Gasteiger partial charge >= 0.3 is 0 Å². The van der Waals surface area contributed by atoms with E-state index in [1.807, 2.05) is 29.2 Å². The molecule has 2 aliphatic heterocycles. The van der Waals surface area contributed by atoms with Crippen molar-refractivity contribution in [3.8, 4) is 11.5 Å². The quantitative estimate of drug-likeness (QED) is 0.642. The molecule has 2 aromatic rings. The maximum atomic E-state index is 12.8. The molecule has 31 heavy (non-hydrogen) atoms. The Morgan fingerprint density at radius 3 is 2.52 bits per heavy atom. The van der Waals surface area contributed by atoms with E-state index in [2.05, 4.69) is 4.90 Å². The molecule has 1 aromatic carbocycles. The highest BCUT2D eigenvalue weighted by molar-refractivity contribution is 5.91. The lowest BCUT2D eigenvalue weighted by Gasteiger charge is -2.33. The van der Waals surface area contributed by atoms with Gasteiger partial charge in [-0.2, -0.15) is 0 Å². The van der Waals surface area contributed by atoms with Gasteiger partial charge in [-0.1, -0.05) is 12.1 Å². The minimum atomic E-state index is -0.0322. The normalized spacial score (nSPS) is 18.2. The summed E-state index contributed by atoms with van der Waals surface area (Å²) < 4.78 is 22.3. The second-order valence-electron chi connectivity index (χ2n) is 8.18. The molecule has 2 saturated heterocycles. The van der Waals surface area contributed by atoms with Crippen molar-refractivity contribution in [2.45, 2.75) is 25.9 Å². The Bertz CT molecular complexity index is 838. The molecule has 0 atom stereocenters. The predicted molar refractivity (Wildman–Crippen MR) is 117 cm³/mol. The van der Waals surface area contributed by atoms with Crippen molar-refractivity contribution in [3.63, 3.8) is 0 Å². The summed E-state index contributed by atoms with van der Waals surface area (Å²) in [5.74, 6) is 2.97. The Hall–Kier alpha value is -2.51. The molecule has 4 rings (SSSR count). The Morgan fingerprint density at radius 2 is 1.77 bits per heavy atom. The summed E-state index contributed by atoms with van der Waals surface area (Å²) in [5, 5.41) is 0. The third-order valence-electron chi connectivity index (χ3n) is 6.17. The molecule has 0 N–H and O–H groups in total. The SMILES string of the molecule is COc1ccccc1OCc1ccc(C(=O)N2CCC(CCN3CCOCC3)CC2)o1. The molecular weight excluding hydrogens is 396 g/mol. The molecule has 0 aliphatic carbocycles. The van der Waals surface area contributed by atoms with Crippen molar-refractivity contribution in [1.29, 1.82) is 0 Å². The number of piperidine rings is 1. The molecular formula is C24H32N2O5. The number of benzene rings is 1. The van der Waals surface area contributed by atoms with Crippen LogP contribution in [0.5, 0.6) is 11.5 Å². The fourth-order valence-electron chi connectivity index (χ4n) is 4.23. The molecule has 7 heteroatoms. The number of likely N-dealkylation sites (tertiary alicyclic amines) is 1. The average molecular weight is 429 g/mol. The van der Waals surface area contributed by atoms with Crippen LogP contribution in [0.3, 0.4) is 0 Å². The fourth-order valence-corrected chi connectivity index (χ4v) is 4.23. The lowest BCUT2D eigenvalue weighted by molar-refractivity contribution is 0.0330. The number of amides is 1. The first-order valence-corrected chi connectivity index (χ1v) is 11.2. The standard InChI is InChI=1S/C24H32N2O5/c1-28-21-4-2-3-5-22(21)30-18-20-6-7-23(31-20)24(27)26-12-9-19(10-13-26)8-11-25-14-16-29-17-15-25/h2-7,19H,8-18H2,1H3. The zero-order valence-corrected chi connectivity index (χ0v) is 18.3. The van der Waals surface area contributed by atoms with Crippen LogP contribution >= 0.6 is 0 Å². The number of furan rings is 1. The largest absolute Gasteiger partial charge is 0.493 e. The first-order valence-electron chi connectivity index (χ1n) is 11.2. The van der Waals surface area contributed by atoms with Crippen molar-refractivity contribution in [1.82, 2.24) is 9.80 Å². The molecule has 2 fully saturated rings. The van der Waals surface area contributed by atoms with Crippen molar-refractivity contribution >= 4 is 5.91 Å². The van der Waals surface area contributed by atoms with Crippen LogP contribution in [0, 0.1) is 5.92 Å². The zero-order chi connectivity index (χ0) is 21.5. The summed E-state index contributed by atoms with van der Waals surface area (Å²) in [7, 11) is 1.61. The second-order valence-corrected chi connectivity index (χ2v) is 8.18. The smallest absolute Gasteiger partial charge is 0.289 e. The molecule has 0 spiro atoms. The van der Waals surface area contributed by atoms with Crippen molar-refractivity contribution in [2.75, 3.05) is 53.0 Å². The Kier molecular flexibility index (Phi) is 7.48. The Balaban J connectivity index is 1.22. The van der Waals surface area contributed by atoms with Gasteiger partial charge < -0.3 is 23.5 Å². The predicted octanol–water partition coefficient (Wildman–Crippen LogP) is 3.44. The van der Waals surface area contributed by atoms with Crippen LogP contribution in [0.25, 0.3) is 0 Å². The van der Waals surface area contributed by atoms with Crippen LogP contribution in [0.15, 0.2) is 40.8 Å². The molecule has 0 unspecified atom stereocenters. The summed E-state index contributed by atoms with van der Waals surface area (Å²) in [4.78, 5) is 17.2. The van der Waals surface area contributed by atoms with E-state index in [9.17, 15) is 4.79 Å². The number of hydrogen-bond acceptors (Lipinski definition) is 6. The molecule has 2 aliphatic rings. The summed E-state index contributed by atoms with van der Waals surface area (Å²) in [6.45, 7) is 6.75. The van der Waals surface area contributed by atoms with Crippen molar-refractivity contribution in [2.24, 2.45) is 5.92 Å². The van der Waals surface area contributed by atoms with Crippen LogP contribution in [0.1, 0.15) is 35.6 Å². The highest BCUT2D eigenvalue weighted by atomic mass is 16.5. The average Bonchev–Trinajstić information content (AvgIpc) is 3.31. The maximum Gasteiger partial charge on any atom is 0.289 e. The highest BCUT2D eigenvalue weighted by Crippen LogP contribution is 2.27. The summed E-state index contributed by atoms with van der Waals surface area (Å²) in [6, 6.07) is 11.0. The van der Waals surface area contributed by atoms with Gasteiger partial charge in [0.15, 0.2) is 17.3 Å². The molecule has 0 saturated carbocycles. The number of morpholine rings is 1. The van der Waals surface area contributed by atoms with Gasteiger partial charge in [0.05, 0.1) is 20.3 Å². The van der Waals surface area contributed by atoms with E-state index >= 15 is 0 Å². The number of carbonyl (C=O) groups excluding carboxylic acids is 1. The Labute approximate surface area is 183 Å². The second kappa shape index (κ2) is 10.7. The van der Waals surface area contributed by atoms with Crippen molar-refractivity contribution < 1.29 is 23.4 Å². The molecule has 0 bridgehead atoms. The van der Waals surface area contributed by atoms with E-state index in [4.69, 9.17) is 18.6 Å². The minimum Gasteiger partial charge on any atom is -0.493 e. The van der Waals surface area contributed by atoms with Gasteiger partial charge in [-0.25, -0.2) is 0 Å². The number of carbonyl (C=O) groups is 1. The van der Waals surface area contributed by atoms with E-state index in [-0.39, 0.29) is 12.5 Å². The molecule has 168 valence electrons. The van der Waals surface area contributed by atoms with E-state index < -0.39 is 0 Å². The van der Waals surface area contributed by atoms with Gasteiger partial charge in [-0.3, -0.25) is 9.69 Å². The van der Waals surface area contributed by atoms with Gasteiger partial charge in [-0.05, 0) is 56.0 Å². The number of nitrogens with zero attached hydrogens (tertiary/aromatic N) is 2. The summed E-state index contributed by atoms with van der Waals surface area (Å²) in [5.41, 5.74) is 0. The Morgan fingerprint density at radius 1 is 1.03 bits per heavy atom. The van der Waals surface area contributed by atoms with Gasteiger partial charge in [0, 0.05) is 26.2 Å². The first kappa shape index (κ1) is 21.7. The third-order valence-corrected chi connectivity index (χ3v) is 6.17. The molecule has 7 nitrogen and oxygen atoms in total. The number of para-hydroxylation sites is 2. The number of methoxy groups -OCH3 is 1. The highest BCUT2D eigenvalue weighted by Gasteiger charge is 2.26. The van der Waals surface area contributed by atoms with Crippen LogP contribution in [-0.4, -0.2) is 68.8 Å². The fraction of sp³-hybridized carbons (Fsp3) is 0.542. The number of rotatable bonds is 8. The lowest BCUT2D eigenvalue weighted by Crippen LogP contribution is -2.40. The molecule has 1 amide bonds. The van der Waals surface area contributed by atoms with Crippen molar-refractivity contribution in [3.05, 3.63) is 47.9 Å². The van der Waals surface area contributed by atoms with E-state index in [0.717, 1.165) is 58.8 Å². The van der Waals surface area contributed by atoms with Crippen LogP contribution in [0.2, 0.25) is 0 Å². The monoisotopic (exact) mass is 428 g/mol. The van der Waals surface area contributed by atoms with Gasteiger partial charge in [0.2, 0.25) is 0 Å². The topological polar surface area (TPSA) is 64.4 Å². The maximum absolute atomic E-state index is 12.8. The summed E-state index contributed by atoms with van der Waals surface area (Å²) >= 11 is 0. The first-order chi connectivity index (χ1) is 15.2. The minimum absolute atomic E-state index is 0.0322. The van der Waals surface area contributed by atoms with E-state index in [1.165, 1.54) is 6.42 Å². The third kappa shape index (κ3) is 5.80. The molecule has 1 aromatic heterocycles. The van der Waals surface area contributed by atoms with Crippen LogP contribution in [0.4, 0.5) is 0 Å². The number of hydrogen-bond donors (Lipinski definition) is 0. The van der Waals surface area contributed by atoms with Gasteiger partial charge in [0.25, 0.3) is 5.91 Å². The van der Waals surface area contributed by atoms with Crippen LogP contribution in [-0.2, 0) is 11.3 Å². The van der Waals surface area contributed by atoms with E-state index in [0.29, 0.717) is 28.9 Å². The summed E-state index contributed by atoms with van der Waals surface area (Å²) in [6.07, 6.45) is 3.31. The molecule has 0 radical (unpaired) electrons. The lowest BCUT2D eigenvalue weighted by atomic mass is 9.93. The van der Waals surface area contributed by atoms with Gasteiger partial charge in [-0.15, -0.1) is 0 Å². The number of ether oxygens (including phenoxy) is 3. The zero-order valence-electron chi connectivity index (χ0n) is 18.3. The molecule has 3 heterocycles. The van der Waals surface area contributed by atoms with E-state index in [1.54, 1.807) is 19.2 Å². The van der Waals surface area contributed by atoms with Gasteiger partial charge in [0.1, 0.15) is 12.4 Å². The van der Waals surface area contributed by atoms with Crippen LogP contribution < -0.4 is 9.47 Å².